The van der Waals surface area contributed by atoms with Crippen molar-refractivity contribution in [1.82, 2.24) is 15.4 Å². The summed E-state index contributed by atoms with van der Waals surface area (Å²) in [5, 5.41) is 6.16. The molecule has 0 spiro atoms. The Bertz CT molecular complexity index is 636. The van der Waals surface area contributed by atoms with Gasteiger partial charge < -0.3 is 10.6 Å². The zero-order chi connectivity index (χ0) is 15.3. The predicted octanol–water partition coefficient (Wildman–Crippen LogP) is 0.696. The van der Waals surface area contributed by atoms with Crippen LogP contribution in [0.25, 0.3) is 0 Å². The Morgan fingerprint density at radius 3 is 2.86 bits per heavy atom. The summed E-state index contributed by atoms with van der Waals surface area (Å²) in [6.45, 7) is 2.05. The molecule has 3 N–H and O–H groups in total. The number of aliphatic imine (C=N–C) groups is 1. The molecule has 0 saturated heterocycles. The second-order valence-corrected chi connectivity index (χ2v) is 6.58. The minimum absolute atomic E-state index is 0.116. The van der Waals surface area contributed by atoms with Gasteiger partial charge >= 0.3 is 0 Å². The van der Waals surface area contributed by atoms with Crippen molar-refractivity contribution in [3.8, 4) is 0 Å². The van der Waals surface area contributed by atoms with E-state index < -0.39 is 20.7 Å². The minimum atomic E-state index is -3.89. The van der Waals surface area contributed by atoms with E-state index in [-0.39, 0.29) is 11.6 Å². The van der Waals surface area contributed by atoms with E-state index in [2.05, 4.69) is 20.3 Å². The lowest BCUT2D eigenvalue weighted by molar-refractivity contribution is 0.556. The molecule has 0 radical (unpaired) electrons. The first-order valence-corrected chi connectivity index (χ1v) is 8.32. The predicted molar refractivity (Wildman–Crippen MR) is 79.5 cm³/mol. The Morgan fingerprint density at radius 2 is 2.19 bits per heavy atom. The van der Waals surface area contributed by atoms with Crippen molar-refractivity contribution in [3.05, 3.63) is 29.0 Å². The fraction of sp³-hybridized carbons (Fsp3) is 0.417. The Kier molecular flexibility index (Phi) is 5.38. The first kappa shape index (κ1) is 16.0. The normalized spacial score (nSPS) is 15.2. The van der Waals surface area contributed by atoms with Gasteiger partial charge in [-0.25, -0.2) is 17.5 Å². The van der Waals surface area contributed by atoms with Crippen molar-refractivity contribution in [3.63, 3.8) is 0 Å². The van der Waals surface area contributed by atoms with E-state index in [0.29, 0.717) is 12.5 Å². The summed E-state index contributed by atoms with van der Waals surface area (Å²) in [5.41, 5.74) is 0. The fourth-order valence-electron chi connectivity index (χ4n) is 1.79. The molecule has 21 heavy (non-hydrogen) atoms. The lowest BCUT2D eigenvalue weighted by Crippen LogP contribution is -2.43. The van der Waals surface area contributed by atoms with Crippen LogP contribution in [0.4, 0.5) is 4.39 Å². The lowest BCUT2D eigenvalue weighted by Gasteiger charge is -2.16. The molecule has 1 heterocycles. The highest BCUT2D eigenvalue weighted by Crippen LogP contribution is 2.18. The summed E-state index contributed by atoms with van der Waals surface area (Å²) in [4.78, 5) is 3.77. The third-order valence-electron chi connectivity index (χ3n) is 2.79. The van der Waals surface area contributed by atoms with Crippen LogP contribution in [-0.4, -0.2) is 40.6 Å². The van der Waals surface area contributed by atoms with E-state index in [4.69, 9.17) is 11.6 Å². The molecule has 116 valence electrons. The van der Waals surface area contributed by atoms with E-state index in [1.165, 1.54) is 6.07 Å². The maximum Gasteiger partial charge on any atom is 0.243 e. The van der Waals surface area contributed by atoms with Gasteiger partial charge in [0.15, 0.2) is 5.96 Å². The van der Waals surface area contributed by atoms with Gasteiger partial charge in [-0.1, -0.05) is 11.6 Å². The summed E-state index contributed by atoms with van der Waals surface area (Å²) in [7, 11) is -3.89. The topological polar surface area (TPSA) is 82.6 Å². The van der Waals surface area contributed by atoms with Crippen molar-refractivity contribution >= 4 is 27.6 Å². The van der Waals surface area contributed by atoms with Crippen molar-refractivity contribution in [2.75, 3.05) is 26.2 Å². The molecule has 0 atom stereocenters. The molecule has 1 aliphatic rings. The Hall–Kier alpha value is -1.38. The Balaban J connectivity index is 1.88. The molecular weight excluding hydrogens is 319 g/mol. The SMILES string of the molecule is O=S(=O)(NCCNC1=NCCCN1)c1ccc(Cl)cc1F. The fourth-order valence-corrected chi connectivity index (χ4v) is 3.04. The van der Waals surface area contributed by atoms with Gasteiger partial charge in [0.2, 0.25) is 10.0 Å². The zero-order valence-electron chi connectivity index (χ0n) is 11.2. The van der Waals surface area contributed by atoms with Crippen molar-refractivity contribution < 1.29 is 12.8 Å². The molecule has 6 nitrogen and oxygen atoms in total. The van der Waals surface area contributed by atoms with Gasteiger partial charge in [-0.3, -0.25) is 4.99 Å². The van der Waals surface area contributed by atoms with Gasteiger partial charge in [0.05, 0.1) is 0 Å². The molecule has 1 aromatic carbocycles. The number of sulfonamides is 1. The van der Waals surface area contributed by atoms with E-state index >= 15 is 0 Å². The Labute approximate surface area is 127 Å². The molecule has 0 aliphatic carbocycles. The van der Waals surface area contributed by atoms with Gasteiger partial charge in [0.1, 0.15) is 10.7 Å². The summed E-state index contributed by atoms with van der Waals surface area (Å²) < 4.78 is 39.8. The van der Waals surface area contributed by atoms with Crippen molar-refractivity contribution in [2.45, 2.75) is 11.3 Å². The van der Waals surface area contributed by atoms with E-state index in [1.807, 2.05) is 0 Å². The molecule has 1 aliphatic heterocycles. The molecule has 0 bridgehead atoms. The summed E-state index contributed by atoms with van der Waals surface area (Å²) in [5.74, 6) is -0.223. The van der Waals surface area contributed by atoms with Gasteiger partial charge in [0.25, 0.3) is 0 Å². The van der Waals surface area contributed by atoms with Crippen LogP contribution in [0.1, 0.15) is 6.42 Å². The quantitative estimate of drug-likeness (QED) is 0.692. The van der Waals surface area contributed by atoms with E-state index in [9.17, 15) is 12.8 Å². The zero-order valence-corrected chi connectivity index (χ0v) is 12.8. The number of halogens is 2. The molecule has 0 saturated carbocycles. The molecule has 0 unspecified atom stereocenters. The summed E-state index contributed by atoms with van der Waals surface area (Å²) in [6, 6.07) is 3.44. The standard InChI is InChI=1S/C12H16ClFN4O2S/c13-9-2-3-11(10(14)8-9)21(19,20)18-7-6-17-12-15-4-1-5-16-12/h2-3,8,18H,1,4-7H2,(H2,15,16,17). The number of rotatable bonds is 5. The van der Waals surface area contributed by atoms with Gasteiger partial charge in [0, 0.05) is 31.2 Å². The van der Waals surface area contributed by atoms with Crippen LogP contribution in [0.15, 0.2) is 28.1 Å². The van der Waals surface area contributed by atoms with Crippen LogP contribution < -0.4 is 15.4 Å². The molecule has 0 amide bonds. The van der Waals surface area contributed by atoms with E-state index in [0.717, 1.165) is 31.6 Å². The van der Waals surface area contributed by atoms with Crippen LogP contribution in [0.5, 0.6) is 0 Å². The molecule has 0 fully saturated rings. The van der Waals surface area contributed by atoms with Gasteiger partial charge in [-0.15, -0.1) is 0 Å². The third kappa shape index (κ3) is 4.55. The first-order valence-electron chi connectivity index (χ1n) is 6.46. The summed E-state index contributed by atoms with van der Waals surface area (Å²) in [6.07, 6.45) is 0.980. The number of guanidine groups is 1. The smallest absolute Gasteiger partial charge is 0.243 e. The second kappa shape index (κ2) is 7.06. The number of benzene rings is 1. The average molecular weight is 335 g/mol. The minimum Gasteiger partial charge on any atom is -0.356 e. The summed E-state index contributed by atoms with van der Waals surface area (Å²) >= 11 is 5.59. The molecule has 0 aromatic heterocycles. The maximum absolute atomic E-state index is 13.6. The van der Waals surface area contributed by atoms with E-state index in [1.54, 1.807) is 0 Å². The number of hydrogen-bond donors (Lipinski definition) is 3. The highest BCUT2D eigenvalue weighted by molar-refractivity contribution is 7.89. The average Bonchev–Trinajstić information content (AvgIpc) is 2.44. The van der Waals surface area contributed by atoms with Crippen LogP contribution >= 0.6 is 11.6 Å². The maximum atomic E-state index is 13.6. The van der Waals surface area contributed by atoms with Crippen LogP contribution in [0.2, 0.25) is 5.02 Å². The van der Waals surface area contributed by atoms with Gasteiger partial charge in [-0.2, -0.15) is 0 Å². The second-order valence-electron chi connectivity index (χ2n) is 4.41. The highest BCUT2D eigenvalue weighted by Gasteiger charge is 2.18. The molecule has 2 rings (SSSR count). The molecular formula is C12H16ClFN4O2S. The largest absolute Gasteiger partial charge is 0.356 e. The Morgan fingerprint density at radius 1 is 1.38 bits per heavy atom. The van der Waals surface area contributed by atoms with Crippen molar-refractivity contribution in [1.29, 1.82) is 0 Å². The highest BCUT2D eigenvalue weighted by atomic mass is 35.5. The molecule has 9 heteroatoms. The lowest BCUT2D eigenvalue weighted by atomic mass is 10.3. The van der Waals surface area contributed by atoms with Gasteiger partial charge in [-0.05, 0) is 24.6 Å². The number of nitrogens with zero attached hydrogens (tertiary/aromatic N) is 1. The molecule has 1 aromatic rings. The monoisotopic (exact) mass is 334 g/mol. The van der Waals surface area contributed by atoms with Crippen LogP contribution in [0.3, 0.4) is 0 Å². The third-order valence-corrected chi connectivity index (χ3v) is 4.52. The number of hydrogen-bond acceptors (Lipinski definition) is 5. The first-order chi connectivity index (χ1) is 9.99. The van der Waals surface area contributed by atoms with Crippen LogP contribution in [0, 0.1) is 5.82 Å². The van der Waals surface area contributed by atoms with Crippen molar-refractivity contribution in [2.24, 2.45) is 4.99 Å². The number of nitrogens with one attached hydrogen (secondary N) is 3. The van der Waals surface area contributed by atoms with Crippen LogP contribution in [-0.2, 0) is 10.0 Å².